The largest absolute Gasteiger partial charge is 0.444 e. The molecule has 224 valence electrons. The molecular weight excluding hydrogens is 540 g/mol. The van der Waals surface area contributed by atoms with Crippen molar-refractivity contribution in [1.82, 2.24) is 14.8 Å². The summed E-state index contributed by atoms with van der Waals surface area (Å²) in [7, 11) is 1.66. The second-order valence-corrected chi connectivity index (χ2v) is 11.3. The number of carbonyl (C=O) groups excluding carboxylic acids is 2. The van der Waals surface area contributed by atoms with E-state index in [0.717, 1.165) is 16.7 Å². The fourth-order valence-electron chi connectivity index (χ4n) is 4.78. The molecule has 1 aromatic heterocycles. The number of fused-ring (bicyclic) bond motifs is 1. The van der Waals surface area contributed by atoms with Gasteiger partial charge in [0.15, 0.2) is 11.7 Å². The van der Waals surface area contributed by atoms with E-state index in [4.69, 9.17) is 18.6 Å². The minimum atomic E-state index is -0.966. The first-order chi connectivity index (χ1) is 20.0. The summed E-state index contributed by atoms with van der Waals surface area (Å²) in [4.78, 5) is 39.4. The van der Waals surface area contributed by atoms with Gasteiger partial charge in [0.25, 0.3) is 5.91 Å². The van der Waals surface area contributed by atoms with E-state index in [1.165, 1.54) is 9.47 Å². The standard InChI is InChI=1S/C31H38N4O7/c1-6-39-24-13-14-40-27(19-35(18-24)30(38)42-31(2,3)4)28(36)33-23(17-32)15-20-7-9-21(10-8-20)22-11-12-26-25(16-22)34(5)29(37)41-26/h7-12,16,23-24,27H,6,13-15,18-19H2,1-5H3,(H,33,36)/t23-,24+,27-/m0/s1. The Morgan fingerprint density at radius 1 is 1.14 bits per heavy atom. The fraction of sp³-hybridized carbons (Fsp3) is 0.484. The Morgan fingerprint density at radius 2 is 1.86 bits per heavy atom. The molecular formula is C31H38N4O7. The van der Waals surface area contributed by atoms with Crippen molar-refractivity contribution in [1.29, 1.82) is 5.26 Å². The Hall–Kier alpha value is -4.14. The van der Waals surface area contributed by atoms with Gasteiger partial charge in [-0.15, -0.1) is 0 Å². The zero-order valence-electron chi connectivity index (χ0n) is 24.7. The van der Waals surface area contributed by atoms with Crippen LogP contribution in [0.1, 0.15) is 39.7 Å². The highest BCUT2D eigenvalue weighted by molar-refractivity contribution is 5.83. The maximum Gasteiger partial charge on any atom is 0.419 e. The topological polar surface area (TPSA) is 136 Å². The molecule has 0 saturated carbocycles. The van der Waals surface area contributed by atoms with Gasteiger partial charge in [0, 0.05) is 20.1 Å². The van der Waals surface area contributed by atoms with Crippen molar-refractivity contribution in [2.75, 3.05) is 26.3 Å². The zero-order chi connectivity index (χ0) is 30.4. The number of hydrogen-bond acceptors (Lipinski definition) is 8. The molecule has 0 aliphatic carbocycles. The van der Waals surface area contributed by atoms with E-state index < -0.39 is 35.5 Å². The number of benzene rings is 2. The molecule has 3 aromatic rings. The van der Waals surface area contributed by atoms with Crippen LogP contribution in [-0.2, 0) is 32.5 Å². The van der Waals surface area contributed by atoms with E-state index in [2.05, 4.69) is 11.4 Å². The number of aryl methyl sites for hydroxylation is 1. The SMILES string of the molecule is CCO[C@@H]1CCO[C@H](C(=O)N[C@H](C#N)Cc2ccc(-c3ccc4oc(=O)n(C)c4c3)cc2)CN(C(=O)OC(C)(C)C)C1. The molecule has 0 spiro atoms. The monoisotopic (exact) mass is 578 g/mol. The third-order valence-corrected chi connectivity index (χ3v) is 6.91. The van der Waals surface area contributed by atoms with Crippen LogP contribution < -0.4 is 11.1 Å². The first-order valence-electron chi connectivity index (χ1n) is 14.1. The second-order valence-electron chi connectivity index (χ2n) is 11.3. The van der Waals surface area contributed by atoms with Crippen molar-refractivity contribution in [2.45, 2.75) is 64.4 Å². The third-order valence-electron chi connectivity index (χ3n) is 6.91. The van der Waals surface area contributed by atoms with Crippen molar-refractivity contribution in [3.8, 4) is 17.2 Å². The van der Waals surface area contributed by atoms with Crippen LogP contribution >= 0.6 is 0 Å². The normalized spacial score (nSPS) is 18.5. The number of aromatic nitrogens is 1. The van der Waals surface area contributed by atoms with E-state index in [-0.39, 0.29) is 32.2 Å². The van der Waals surface area contributed by atoms with Crippen LogP contribution in [0.5, 0.6) is 0 Å². The smallest absolute Gasteiger partial charge is 0.419 e. The van der Waals surface area contributed by atoms with Crippen molar-refractivity contribution in [3.63, 3.8) is 0 Å². The fourth-order valence-corrected chi connectivity index (χ4v) is 4.78. The zero-order valence-corrected chi connectivity index (χ0v) is 24.7. The maximum atomic E-state index is 13.2. The number of nitrogens with one attached hydrogen (secondary N) is 1. The Balaban J connectivity index is 1.41. The molecule has 2 amide bonds. The van der Waals surface area contributed by atoms with Crippen LogP contribution in [0.25, 0.3) is 22.2 Å². The van der Waals surface area contributed by atoms with E-state index in [1.807, 2.05) is 43.3 Å². The number of nitrogens with zero attached hydrogens (tertiary/aromatic N) is 3. The molecule has 1 aliphatic rings. The average molecular weight is 579 g/mol. The van der Waals surface area contributed by atoms with Gasteiger partial charge in [0.2, 0.25) is 0 Å². The second kappa shape index (κ2) is 13.2. The third kappa shape index (κ3) is 7.78. The van der Waals surface area contributed by atoms with E-state index in [0.29, 0.717) is 24.1 Å². The van der Waals surface area contributed by atoms with Gasteiger partial charge < -0.3 is 28.8 Å². The number of oxazole rings is 1. The molecule has 2 aromatic carbocycles. The summed E-state index contributed by atoms with van der Waals surface area (Å²) in [5.74, 6) is -0.889. The van der Waals surface area contributed by atoms with Gasteiger partial charge in [-0.1, -0.05) is 30.3 Å². The van der Waals surface area contributed by atoms with Gasteiger partial charge in [-0.25, -0.2) is 9.59 Å². The highest BCUT2D eigenvalue weighted by atomic mass is 16.6. The summed E-state index contributed by atoms with van der Waals surface area (Å²) in [6, 6.07) is 14.5. The number of ether oxygens (including phenoxy) is 3. The molecule has 1 N–H and O–H groups in total. The van der Waals surface area contributed by atoms with Crippen molar-refractivity contribution < 1.29 is 28.2 Å². The minimum absolute atomic E-state index is 0.0240. The van der Waals surface area contributed by atoms with Gasteiger partial charge in [-0.3, -0.25) is 9.36 Å². The van der Waals surface area contributed by atoms with E-state index in [1.54, 1.807) is 33.9 Å². The van der Waals surface area contributed by atoms with Gasteiger partial charge in [0.05, 0.1) is 37.4 Å². The quantitative estimate of drug-likeness (QED) is 0.447. The molecule has 0 unspecified atom stereocenters. The summed E-state index contributed by atoms with van der Waals surface area (Å²) in [5, 5.41) is 12.6. The molecule has 11 heteroatoms. The molecule has 3 atom stereocenters. The molecule has 2 heterocycles. The lowest BCUT2D eigenvalue weighted by atomic mass is 10.0. The Morgan fingerprint density at radius 3 is 2.52 bits per heavy atom. The first kappa shape index (κ1) is 30.8. The predicted octanol–water partition coefficient (Wildman–Crippen LogP) is 3.78. The van der Waals surface area contributed by atoms with E-state index in [9.17, 15) is 19.6 Å². The molecule has 0 radical (unpaired) electrons. The number of nitriles is 1. The van der Waals surface area contributed by atoms with Crippen LogP contribution in [0.4, 0.5) is 4.79 Å². The summed E-state index contributed by atoms with van der Waals surface area (Å²) < 4.78 is 23.8. The summed E-state index contributed by atoms with van der Waals surface area (Å²) in [6.07, 6.45) is -0.967. The first-order valence-corrected chi connectivity index (χ1v) is 14.1. The van der Waals surface area contributed by atoms with Crippen molar-refractivity contribution in [3.05, 3.63) is 58.6 Å². The molecule has 4 rings (SSSR count). The van der Waals surface area contributed by atoms with Crippen LogP contribution in [0, 0.1) is 11.3 Å². The molecule has 1 aliphatic heterocycles. The number of carbonyl (C=O) groups is 2. The minimum Gasteiger partial charge on any atom is -0.444 e. The lowest BCUT2D eigenvalue weighted by molar-refractivity contribution is -0.137. The summed E-state index contributed by atoms with van der Waals surface area (Å²) in [5.41, 5.74) is 3.22. The van der Waals surface area contributed by atoms with Crippen molar-refractivity contribution >= 4 is 23.1 Å². The number of amides is 2. The van der Waals surface area contributed by atoms with Crippen molar-refractivity contribution in [2.24, 2.45) is 7.05 Å². The highest BCUT2D eigenvalue weighted by Crippen LogP contribution is 2.24. The van der Waals surface area contributed by atoms with E-state index >= 15 is 0 Å². The van der Waals surface area contributed by atoms with Gasteiger partial charge >= 0.3 is 11.8 Å². The van der Waals surface area contributed by atoms with Gasteiger partial charge in [0.1, 0.15) is 11.6 Å². The van der Waals surface area contributed by atoms with Crippen LogP contribution in [0.3, 0.4) is 0 Å². The van der Waals surface area contributed by atoms with Gasteiger partial charge in [-0.05, 0) is 62.9 Å². The summed E-state index contributed by atoms with van der Waals surface area (Å²) in [6.45, 7) is 8.24. The molecule has 42 heavy (non-hydrogen) atoms. The number of rotatable bonds is 7. The van der Waals surface area contributed by atoms with Crippen LogP contribution in [-0.4, -0.2) is 71.6 Å². The van der Waals surface area contributed by atoms with Crippen LogP contribution in [0.15, 0.2) is 51.7 Å². The number of hydrogen-bond donors (Lipinski definition) is 1. The highest BCUT2D eigenvalue weighted by Gasteiger charge is 2.33. The predicted molar refractivity (Wildman–Crippen MR) is 156 cm³/mol. The maximum absolute atomic E-state index is 13.2. The molecule has 1 fully saturated rings. The Labute approximate surface area is 244 Å². The van der Waals surface area contributed by atoms with Crippen LogP contribution in [0.2, 0.25) is 0 Å². The summed E-state index contributed by atoms with van der Waals surface area (Å²) >= 11 is 0. The lowest BCUT2D eigenvalue weighted by Gasteiger charge is -2.34. The van der Waals surface area contributed by atoms with Gasteiger partial charge in [-0.2, -0.15) is 5.26 Å². The Kier molecular flexibility index (Phi) is 9.70. The Bertz CT molecular complexity index is 1500. The average Bonchev–Trinajstić information content (AvgIpc) is 3.21. The molecule has 1 saturated heterocycles. The molecule has 0 bridgehead atoms. The lowest BCUT2D eigenvalue weighted by Crippen LogP contribution is -2.53. The molecule has 11 nitrogen and oxygen atoms in total.